The van der Waals surface area contributed by atoms with E-state index in [0.29, 0.717) is 11.3 Å². The van der Waals surface area contributed by atoms with Gasteiger partial charge in [-0.25, -0.2) is 4.79 Å². The molecule has 0 aliphatic carbocycles. The van der Waals surface area contributed by atoms with Gasteiger partial charge in [-0.3, -0.25) is 14.5 Å². The third-order valence-electron chi connectivity index (χ3n) is 3.61. The Morgan fingerprint density at radius 3 is 2.54 bits per heavy atom. The first-order valence-electron chi connectivity index (χ1n) is 8.10. The molecule has 0 spiro atoms. The van der Waals surface area contributed by atoms with Crippen LogP contribution in [0.15, 0.2) is 35.2 Å². The summed E-state index contributed by atoms with van der Waals surface area (Å²) < 4.78 is 0.281. The molecule has 2 N–H and O–H groups in total. The SMILES string of the molecule is CC(C)CC(NC(=O)CN1C(=O)C(=Cc2ccccc2)SC1=S)C(=O)O. The van der Waals surface area contributed by atoms with Crippen molar-refractivity contribution < 1.29 is 19.5 Å². The fourth-order valence-corrected chi connectivity index (χ4v) is 3.67. The number of thioether (sulfide) groups is 1. The van der Waals surface area contributed by atoms with E-state index >= 15 is 0 Å². The molecule has 1 aliphatic rings. The highest BCUT2D eigenvalue weighted by Crippen LogP contribution is 2.32. The van der Waals surface area contributed by atoms with Gasteiger partial charge in [0.2, 0.25) is 5.91 Å². The summed E-state index contributed by atoms with van der Waals surface area (Å²) in [5.41, 5.74) is 0.861. The molecule has 1 aromatic rings. The number of rotatable bonds is 7. The fraction of sp³-hybridized carbons (Fsp3) is 0.333. The average Bonchev–Trinajstić information content (AvgIpc) is 2.82. The molecule has 1 fully saturated rings. The number of aliphatic carboxylic acids is 1. The van der Waals surface area contributed by atoms with Gasteiger partial charge >= 0.3 is 5.97 Å². The molecule has 2 rings (SSSR count). The van der Waals surface area contributed by atoms with Gasteiger partial charge in [-0.1, -0.05) is 68.2 Å². The average molecular weight is 393 g/mol. The van der Waals surface area contributed by atoms with Gasteiger partial charge in [-0.05, 0) is 24.0 Å². The summed E-state index contributed by atoms with van der Waals surface area (Å²) in [7, 11) is 0. The maximum Gasteiger partial charge on any atom is 0.326 e. The van der Waals surface area contributed by atoms with Crippen molar-refractivity contribution >= 4 is 52.2 Å². The van der Waals surface area contributed by atoms with E-state index in [0.717, 1.165) is 17.3 Å². The first-order valence-corrected chi connectivity index (χ1v) is 9.33. The van der Waals surface area contributed by atoms with E-state index in [1.807, 2.05) is 44.2 Å². The molecule has 0 saturated carbocycles. The number of nitrogens with zero attached hydrogens (tertiary/aromatic N) is 1. The van der Waals surface area contributed by atoms with Crippen molar-refractivity contribution in [3.8, 4) is 0 Å². The summed E-state index contributed by atoms with van der Waals surface area (Å²) in [6.45, 7) is 3.45. The molecule has 138 valence electrons. The summed E-state index contributed by atoms with van der Waals surface area (Å²) in [5, 5.41) is 11.7. The number of carboxylic acids is 1. The van der Waals surface area contributed by atoms with Crippen LogP contribution in [-0.2, 0) is 14.4 Å². The minimum Gasteiger partial charge on any atom is -0.480 e. The molecular formula is C18H20N2O4S2. The van der Waals surface area contributed by atoms with Crippen LogP contribution in [0.1, 0.15) is 25.8 Å². The standard InChI is InChI=1S/C18H20N2O4S2/c1-11(2)8-13(17(23)24)19-15(21)10-20-16(22)14(26-18(20)25)9-12-6-4-3-5-7-12/h3-7,9,11,13H,8,10H2,1-2H3,(H,19,21)(H,23,24). The highest BCUT2D eigenvalue weighted by Gasteiger charge is 2.34. The highest BCUT2D eigenvalue weighted by molar-refractivity contribution is 8.26. The number of carbonyl (C=O) groups excluding carboxylic acids is 2. The number of carbonyl (C=O) groups is 3. The minimum atomic E-state index is -1.10. The molecule has 8 heteroatoms. The summed E-state index contributed by atoms with van der Waals surface area (Å²) in [5.74, 6) is -1.88. The Kier molecular flexibility index (Phi) is 6.93. The number of thiocarbonyl (C=S) groups is 1. The normalized spacial score (nSPS) is 17.0. The van der Waals surface area contributed by atoms with Gasteiger partial charge in [0.05, 0.1) is 4.91 Å². The molecule has 1 aromatic carbocycles. The Bertz CT molecular complexity index is 747. The first kappa shape index (κ1) is 20.1. The highest BCUT2D eigenvalue weighted by atomic mass is 32.2. The van der Waals surface area contributed by atoms with Crippen LogP contribution >= 0.6 is 24.0 Å². The van der Waals surface area contributed by atoms with Crippen molar-refractivity contribution in [1.29, 1.82) is 0 Å². The second-order valence-corrected chi connectivity index (χ2v) is 7.94. The second-order valence-electron chi connectivity index (χ2n) is 6.27. The van der Waals surface area contributed by atoms with E-state index in [4.69, 9.17) is 12.2 Å². The van der Waals surface area contributed by atoms with Crippen LogP contribution in [0.2, 0.25) is 0 Å². The zero-order chi connectivity index (χ0) is 19.3. The third kappa shape index (κ3) is 5.40. The summed E-state index contributed by atoms with van der Waals surface area (Å²) in [6, 6.07) is 8.34. The predicted molar refractivity (Wildman–Crippen MR) is 105 cm³/mol. The lowest BCUT2D eigenvalue weighted by molar-refractivity contribution is -0.142. The van der Waals surface area contributed by atoms with E-state index in [2.05, 4.69) is 5.32 Å². The topological polar surface area (TPSA) is 86.7 Å². The molecule has 0 bridgehead atoms. The summed E-state index contributed by atoms with van der Waals surface area (Å²) in [6.07, 6.45) is 2.03. The summed E-state index contributed by atoms with van der Waals surface area (Å²) in [4.78, 5) is 37.6. The monoisotopic (exact) mass is 392 g/mol. The van der Waals surface area contributed by atoms with Gasteiger partial charge in [-0.15, -0.1) is 0 Å². The molecule has 0 aromatic heterocycles. The largest absolute Gasteiger partial charge is 0.480 e. The Morgan fingerprint density at radius 2 is 1.96 bits per heavy atom. The molecule has 0 radical (unpaired) electrons. The maximum absolute atomic E-state index is 12.5. The van der Waals surface area contributed by atoms with Gasteiger partial charge in [0, 0.05) is 0 Å². The van der Waals surface area contributed by atoms with Crippen molar-refractivity contribution in [2.24, 2.45) is 5.92 Å². The van der Waals surface area contributed by atoms with E-state index in [-0.39, 0.29) is 22.7 Å². The lowest BCUT2D eigenvalue weighted by atomic mass is 10.0. The third-order valence-corrected chi connectivity index (χ3v) is 4.99. The number of hydrogen-bond acceptors (Lipinski definition) is 5. The van der Waals surface area contributed by atoms with Crippen molar-refractivity contribution in [2.75, 3.05) is 6.54 Å². The second kappa shape index (κ2) is 8.95. The Labute approximate surface area is 161 Å². The predicted octanol–water partition coefficient (Wildman–Crippen LogP) is 2.50. The van der Waals surface area contributed by atoms with Gasteiger partial charge in [0.1, 0.15) is 16.9 Å². The smallest absolute Gasteiger partial charge is 0.326 e. The molecular weight excluding hydrogens is 372 g/mol. The van der Waals surface area contributed by atoms with Crippen LogP contribution in [0.25, 0.3) is 6.08 Å². The number of nitrogens with one attached hydrogen (secondary N) is 1. The first-order chi connectivity index (χ1) is 12.3. The molecule has 26 heavy (non-hydrogen) atoms. The molecule has 2 amide bonds. The summed E-state index contributed by atoms with van der Waals surface area (Å²) >= 11 is 6.32. The van der Waals surface area contributed by atoms with Crippen molar-refractivity contribution in [2.45, 2.75) is 26.3 Å². The molecule has 6 nitrogen and oxygen atoms in total. The fourth-order valence-electron chi connectivity index (χ4n) is 2.41. The number of hydrogen-bond donors (Lipinski definition) is 2. The van der Waals surface area contributed by atoms with Crippen molar-refractivity contribution in [1.82, 2.24) is 10.2 Å². The molecule has 1 heterocycles. The maximum atomic E-state index is 12.5. The van der Waals surface area contributed by atoms with Crippen LogP contribution in [0.5, 0.6) is 0 Å². The van der Waals surface area contributed by atoms with Crippen LogP contribution in [0, 0.1) is 5.92 Å². The lowest BCUT2D eigenvalue weighted by Crippen LogP contribution is -2.47. The molecule has 1 saturated heterocycles. The number of carboxylic acid groups (broad SMARTS) is 1. The number of amides is 2. The molecule has 1 aliphatic heterocycles. The van der Waals surface area contributed by atoms with Crippen LogP contribution in [-0.4, -0.2) is 44.7 Å². The van der Waals surface area contributed by atoms with E-state index in [9.17, 15) is 19.5 Å². The van der Waals surface area contributed by atoms with Crippen LogP contribution in [0.4, 0.5) is 0 Å². The zero-order valence-electron chi connectivity index (χ0n) is 14.5. The van der Waals surface area contributed by atoms with Gasteiger partial charge in [-0.2, -0.15) is 0 Å². The Balaban J connectivity index is 2.04. The quantitative estimate of drug-likeness (QED) is 0.548. The lowest BCUT2D eigenvalue weighted by Gasteiger charge is -2.19. The van der Waals surface area contributed by atoms with E-state index < -0.39 is 17.9 Å². The Hall–Kier alpha value is -2.19. The number of benzene rings is 1. The minimum absolute atomic E-state index is 0.113. The molecule has 1 atom stereocenters. The zero-order valence-corrected chi connectivity index (χ0v) is 16.1. The molecule has 1 unspecified atom stereocenters. The Morgan fingerprint density at radius 1 is 1.31 bits per heavy atom. The van der Waals surface area contributed by atoms with Gasteiger partial charge in [0.15, 0.2) is 0 Å². The van der Waals surface area contributed by atoms with Gasteiger partial charge in [0.25, 0.3) is 5.91 Å². The van der Waals surface area contributed by atoms with E-state index in [1.54, 1.807) is 6.08 Å². The van der Waals surface area contributed by atoms with Crippen molar-refractivity contribution in [3.63, 3.8) is 0 Å². The van der Waals surface area contributed by atoms with E-state index in [1.165, 1.54) is 4.90 Å². The van der Waals surface area contributed by atoms with Crippen LogP contribution < -0.4 is 5.32 Å². The van der Waals surface area contributed by atoms with Gasteiger partial charge < -0.3 is 10.4 Å². The van der Waals surface area contributed by atoms with Crippen molar-refractivity contribution in [3.05, 3.63) is 40.8 Å². The van der Waals surface area contributed by atoms with Crippen LogP contribution in [0.3, 0.4) is 0 Å².